The highest BCUT2D eigenvalue weighted by Crippen LogP contribution is 2.36. The SMILES string of the molecule is CNC(=O)CNC(=O)c1cc(C(F)(F)F)cc(C(F)(F)F)c1. The van der Waals surface area contributed by atoms with Crippen LogP contribution in [0, 0.1) is 0 Å². The van der Waals surface area contributed by atoms with E-state index in [9.17, 15) is 35.9 Å². The van der Waals surface area contributed by atoms with E-state index in [0.29, 0.717) is 0 Å². The molecule has 2 N–H and O–H groups in total. The molecule has 1 aromatic carbocycles. The minimum absolute atomic E-state index is 0.0878. The number of nitrogens with one attached hydrogen (secondary N) is 2. The molecule has 0 saturated carbocycles. The van der Waals surface area contributed by atoms with Crippen molar-refractivity contribution in [2.75, 3.05) is 13.6 Å². The molecule has 0 unspecified atom stereocenters. The van der Waals surface area contributed by atoms with Crippen LogP contribution in [0.3, 0.4) is 0 Å². The van der Waals surface area contributed by atoms with Crippen LogP contribution in [0.25, 0.3) is 0 Å². The lowest BCUT2D eigenvalue weighted by Gasteiger charge is -2.14. The van der Waals surface area contributed by atoms with Crippen LogP contribution in [0.2, 0.25) is 0 Å². The number of benzene rings is 1. The molecule has 0 heterocycles. The number of carbonyl (C=O) groups excluding carboxylic acids is 2. The van der Waals surface area contributed by atoms with Gasteiger partial charge in [-0.1, -0.05) is 0 Å². The molecule has 4 nitrogen and oxygen atoms in total. The minimum atomic E-state index is -5.04. The van der Waals surface area contributed by atoms with Gasteiger partial charge in [0.25, 0.3) is 5.91 Å². The van der Waals surface area contributed by atoms with Crippen molar-refractivity contribution < 1.29 is 35.9 Å². The first-order valence-corrected chi connectivity index (χ1v) is 5.73. The van der Waals surface area contributed by atoms with Crippen molar-refractivity contribution in [1.29, 1.82) is 0 Å². The Kier molecular flexibility index (Phi) is 5.05. The van der Waals surface area contributed by atoms with Crippen LogP contribution >= 0.6 is 0 Å². The third-order valence-corrected chi connectivity index (χ3v) is 2.54. The van der Waals surface area contributed by atoms with Gasteiger partial charge < -0.3 is 10.6 Å². The second kappa shape index (κ2) is 6.24. The van der Waals surface area contributed by atoms with Crippen molar-refractivity contribution in [2.24, 2.45) is 0 Å². The summed E-state index contributed by atoms with van der Waals surface area (Å²) in [5.41, 5.74) is -4.05. The fourth-order valence-corrected chi connectivity index (χ4v) is 1.44. The predicted octanol–water partition coefficient (Wildman–Crippen LogP) is 2.20. The summed E-state index contributed by atoms with van der Waals surface area (Å²) in [6, 6.07) is 0.485. The molecule has 122 valence electrons. The molecule has 0 aliphatic heterocycles. The third-order valence-electron chi connectivity index (χ3n) is 2.54. The Labute approximate surface area is 120 Å². The van der Waals surface area contributed by atoms with Crippen LogP contribution in [0.1, 0.15) is 21.5 Å². The molecule has 0 aliphatic rings. The number of carbonyl (C=O) groups is 2. The third kappa shape index (κ3) is 4.64. The predicted molar refractivity (Wildman–Crippen MR) is 62.8 cm³/mol. The van der Waals surface area contributed by atoms with Gasteiger partial charge in [-0.05, 0) is 18.2 Å². The monoisotopic (exact) mass is 328 g/mol. The van der Waals surface area contributed by atoms with E-state index in [2.05, 4.69) is 5.32 Å². The molecular formula is C12H10F6N2O2. The fourth-order valence-electron chi connectivity index (χ4n) is 1.44. The molecule has 0 saturated heterocycles. The van der Waals surface area contributed by atoms with Crippen LogP contribution in [-0.4, -0.2) is 25.4 Å². The number of amides is 2. The van der Waals surface area contributed by atoms with Crippen LogP contribution in [-0.2, 0) is 17.1 Å². The zero-order chi connectivity index (χ0) is 17.1. The van der Waals surface area contributed by atoms with Gasteiger partial charge in [0, 0.05) is 12.6 Å². The van der Waals surface area contributed by atoms with Gasteiger partial charge in [0.2, 0.25) is 5.91 Å². The summed E-state index contributed by atoms with van der Waals surface area (Å²) >= 11 is 0. The number of halogens is 6. The van der Waals surface area contributed by atoms with E-state index in [1.807, 2.05) is 5.32 Å². The maximum absolute atomic E-state index is 12.6. The van der Waals surface area contributed by atoms with E-state index < -0.39 is 47.4 Å². The molecule has 0 bridgehead atoms. The first-order chi connectivity index (χ1) is 9.95. The van der Waals surface area contributed by atoms with Gasteiger partial charge in [0.05, 0.1) is 17.7 Å². The average Bonchev–Trinajstić information content (AvgIpc) is 2.41. The number of hydrogen-bond acceptors (Lipinski definition) is 2. The quantitative estimate of drug-likeness (QED) is 0.836. The van der Waals surface area contributed by atoms with Crippen molar-refractivity contribution >= 4 is 11.8 Å². The molecule has 2 amide bonds. The van der Waals surface area contributed by atoms with Crippen LogP contribution < -0.4 is 10.6 Å². The number of hydrogen-bond donors (Lipinski definition) is 2. The Morgan fingerprint density at radius 2 is 1.41 bits per heavy atom. The van der Waals surface area contributed by atoms with E-state index in [1.54, 1.807) is 0 Å². The Bertz CT molecular complexity index is 548. The van der Waals surface area contributed by atoms with Gasteiger partial charge in [-0.3, -0.25) is 9.59 Å². The lowest BCUT2D eigenvalue weighted by atomic mass is 10.0. The topological polar surface area (TPSA) is 58.2 Å². The molecule has 22 heavy (non-hydrogen) atoms. The van der Waals surface area contributed by atoms with Crippen LogP contribution in [0.15, 0.2) is 18.2 Å². The maximum atomic E-state index is 12.6. The Hall–Kier alpha value is -2.26. The molecule has 0 aliphatic carbocycles. The smallest absolute Gasteiger partial charge is 0.358 e. The molecule has 1 aromatic rings. The van der Waals surface area contributed by atoms with Crippen LogP contribution in [0.5, 0.6) is 0 Å². The van der Waals surface area contributed by atoms with Crippen molar-refractivity contribution in [3.63, 3.8) is 0 Å². The Morgan fingerprint density at radius 3 is 1.77 bits per heavy atom. The molecule has 1 rings (SSSR count). The molecule has 0 fully saturated rings. The van der Waals surface area contributed by atoms with E-state index in [0.717, 1.165) is 0 Å². The van der Waals surface area contributed by atoms with Crippen molar-refractivity contribution in [3.8, 4) is 0 Å². The largest absolute Gasteiger partial charge is 0.416 e. The summed E-state index contributed by atoms with van der Waals surface area (Å²) in [5, 5.41) is 4.05. The lowest BCUT2D eigenvalue weighted by molar-refractivity contribution is -0.143. The summed E-state index contributed by atoms with van der Waals surface area (Å²) in [6.07, 6.45) is -10.1. The minimum Gasteiger partial charge on any atom is -0.358 e. The highest BCUT2D eigenvalue weighted by molar-refractivity contribution is 5.96. The highest BCUT2D eigenvalue weighted by atomic mass is 19.4. The summed E-state index contributed by atoms with van der Waals surface area (Å²) in [6.45, 7) is -0.576. The molecule has 0 radical (unpaired) electrons. The maximum Gasteiger partial charge on any atom is 0.416 e. The van der Waals surface area contributed by atoms with Crippen LogP contribution in [0.4, 0.5) is 26.3 Å². The summed E-state index contributed by atoms with van der Waals surface area (Å²) in [4.78, 5) is 22.5. The number of rotatable bonds is 3. The lowest BCUT2D eigenvalue weighted by Crippen LogP contribution is -2.35. The van der Waals surface area contributed by atoms with Gasteiger partial charge in [-0.25, -0.2) is 0 Å². The Balaban J connectivity index is 3.18. The summed E-state index contributed by atoms with van der Waals surface area (Å²) in [5.74, 6) is -1.88. The van der Waals surface area contributed by atoms with Gasteiger partial charge in [-0.2, -0.15) is 26.3 Å². The second-order valence-electron chi connectivity index (χ2n) is 4.15. The van der Waals surface area contributed by atoms with Gasteiger partial charge in [0.15, 0.2) is 0 Å². The zero-order valence-corrected chi connectivity index (χ0v) is 11.0. The summed E-state index contributed by atoms with van der Waals surface area (Å²) in [7, 11) is 1.25. The fraction of sp³-hybridized carbons (Fsp3) is 0.333. The van der Waals surface area contributed by atoms with E-state index >= 15 is 0 Å². The van der Waals surface area contributed by atoms with Gasteiger partial charge >= 0.3 is 12.4 Å². The first-order valence-electron chi connectivity index (χ1n) is 5.73. The van der Waals surface area contributed by atoms with Crippen molar-refractivity contribution in [3.05, 3.63) is 34.9 Å². The van der Waals surface area contributed by atoms with Gasteiger partial charge in [-0.15, -0.1) is 0 Å². The van der Waals surface area contributed by atoms with Crippen molar-refractivity contribution in [1.82, 2.24) is 10.6 Å². The van der Waals surface area contributed by atoms with Crippen molar-refractivity contribution in [2.45, 2.75) is 12.4 Å². The van der Waals surface area contributed by atoms with E-state index in [-0.39, 0.29) is 18.2 Å². The molecular weight excluding hydrogens is 318 g/mol. The van der Waals surface area contributed by atoms with E-state index in [4.69, 9.17) is 0 Å². The number of likely N-dealkylation sites (N-methyl/N-ethyl adjacent to an activating group) is 1. The zero-order valence-electron chi connectivity index (χ0n) is 11.0. The standard InChI is InChI=1S/C12H10F6N2O2/c1-19-9(21)5-20-10(22)6-2-7(11(13,14)15)4-8(3-6)12(16,17)18/h2-4H,5H2,1H3,(H,19,21)(H,20,22). The molecule has 10 heteroatoms. The highest BCUT2D eigenvalue weighted by Gasteiger charge is 2.37. The van der Waals surface area contributed by atoms with E-state index in [1.165, 1.54) is 7.05 Å². The molecule has 0 spiro atoms. The molecule has 0 aromatic heterocycles. The molecule has 0 atom stereocenters. The normalized spacial score (nSPS) is 12.0. The first kappa shape index (κ1) is 17.8. The number of alkyl halides is 6. The Morgan fingerprint density at radius 1 is 0.955 bits per heavy atom. The average molecular weight is 328 g/mol. The second-order valence-corrected chi connectivity index (χ2v) is 4.15. The van der Waals surface area contributed by atoms with Gasteiger partial charge in [0.1, 0.15) is 0 Å². The summed E-state index contributed by atoms with van der Waals surface area (Å²) < 4.78 is 75.6.